The molecular weight excluding hydrogens is 372 g/mol. The van der Waals surface area contributed by atoms with Gasteiger partial charge in [-0.1, -0.05) is 31.4 Å². The molecule has 0 spiro atoms. The van der Waals surface area contributed by atoms with Gasteiger partial charge in [0, 0.05) is 24.2 Å². The van der Waals surface area contributed by atoms with Gasteiger partial charge in [0.05, 0.1) is 5.56 Å². The molecule has 0 atom stereocenters. The van der Waals surface area contributed by atoms with Crippen LogP contribution < -0.4 is 10.6 Å². The summed E-state index contributed by atoms with van der Waals surface area (Å²) in [6.45, 7) is 0.559. The van der Waals surface area contributed by atoms with Crippen molar-refractivity contribution < 1.29 is 24.6 Å². The van der Waals surface area contributed by atoms with E-state index in [2.05, 4.69) is 10.6 Å². The number of para-hydroxylation sites is 1. The van der Waals surface area contributed by atoms with E-state index in [-0.39, 0.29) is 23.6 Å². The number of hydrogen-bond donors (Lipinski definition) is 4. The minimum absolute atomic E-state index is 0.0946. The van der Waals surface area contributed by atoms with E-state index in [1.807, 2.05) is 0 Å². The number of carbonyl (C=O) groups excluding carboxylic acids is 2. The molecule has 4 N–H and O–H groups in total. The lowest BCUT2D eigenvalue weighted by atomic mass is 10.1. The Morgan fingerprint density at radius 3 is 2.14 bits per heavy atom. The van der Waals surface area contributed by atoms with Crippen LogP contribution in [-0.2, 0) is 4.79 Å². The van der Waals surface area contributed by atoms with E-state index in [0.717, 1.165) is 25.7 Å². The van der Waals surface area contributed by atoms with Crippen molar-refractivity contribution in [2.24, 2.45) is 0 Å². The zero-order valence-electron chi connectivity index (χ0n) is 16.2. The molecule has 0 aliphatic carbocycles. The van der Waals surface area contributed by atoms with Gasteiger partial charge in [-0.25, -0.2) is 0 Å². The summed E-state index contributed by atoms with van der Waals surface area (Å²) in [4.78, 5) is 34.8. The highest BCUT2D eigenvalue weighted by molar-refractivity contribution is 6.06. The molecule has 0 aromatic heterocycles. The Labute approximate surface area is 169 Å². The van der Waals surface area contributed by atoms with E-state index in [4.69, 9.17) is 5.11 Å². The van der Waals surface area contributed by atoms with Gasteiger partial charge in [-0.15, -0.1) is 0 Å². The fourth-order valence-corrected chi connectivity index (χ4v) is 2.80. The van der Waals surface area contributed by atoms with Crippen molar-refractivity contribution in [2.75, 3.05) is 11.9 Å². The summed E-state index contributed by atoms with van der Waals surface area (Å²) in [5, 5.41) is 23.8. The average Bonchev–Trinajstić information content (AvgIpc) is 2.70. The van der Waals surface area contributed by atoms with Gasteiger partial charge >= 0.3 is 5.97 Å². The second-order valence-corrected chi connectivity index (χ2v) is 6.72. The summed E-state index contributed by atoms with van der Waals surface area (Å²) in [5.41, 5.74) is 1.19. The lowest BCUT2D eigenvalue weighted by Crippen LogP contribution is -2.24. The molecule has 0 radical (unpaired) electrons. The zero-order valence-corrected chi connectivity index (χ0v) is 16.2. The summed E-state index contributed by atoms with van der Waals surface area (Å²) in [7, 11) is 0. The second-order valence-electron chi connectivity index (χ2n) is 6.72. The fourth-order valence-electron chi connectivity index (χ4n) is 2.80. The molecule has 0 aliphatic heterocycles. The average molecular weight is 398 g/mol. The maximum Gasteiger partial charge on any atom is 0.303 e. The predicted molar refractivity (Wildman–Crippen MR) is 110 cm³/mol. The monoisotopic (exact) mass is 398 g/mol. The zero-order chi connectivity index (χ0) is 21.1. The lowest BCUT2D eigenvalue weighted by Gasteiger charge is -2.08. The minimum atomic E-state index is -0.763. The highest BCUT2D eigenvalue weighted by Gasteiger charge is 2.11. The van der Waals surface area contributed by atoms with Crippen LogP contribution in [0.15, 0.2) is 48.5 Å². The first-order valence-corrected chi connectivity index (χ1v) is 9.67. The molecule has 7 heteroatoms. The molecule has 0 aliphatic rings. The summed E-state index contributed by atoms with van der Waals surface area (Å²) in [6, 6.07) is 12.8. The van der Waals surface area contributed by atoms with Gasteiger partial charge in [-0.2, -0.15) is 0 Å². The summed E-state index contributed by atoms with van der Waals surface area (Å²) in [5.74, 6) is -1.47. The van der Waals surface area contributed by atoms with E-state index in [1.54, 1.807) is 36.4 Å². The normalized spacial score (nSPS) is 10.3. The molecule has 7 nitrogen and oxygen atoms in total. The van der Waals surface area contributed by atoms with Gasteiger partial charge in [0.2, 0.25) is 0 Å². The molecule has 2 aromatic rings. The molecule has 0 saturated carbocycles. The third-order valence-electron chi connectivity index (χ3n) is 4.41. The Kier molecular flexibility index (Phi) is 8.69. The van der Waals surface area contributed by atoms with Crippen molar-refractivity contribution in [3.8, 4) is 5.75 Å². The maximum absolute atomic E-state index is 12.2. The maximum atomic E-state index is 12.2. The quantitative estimate of drug-likeness (QED) is 0.430. The van der Waals surface area contributed by atoms with Crippen molar-refractivity contribution in [1.29, 1.82) is 0 Å². The topological polar surface area (TPSA) is 116 Å². The van der Waals surface area contributed by atoms with Gasteiger partial charge in [0.25, 0.3) is 11.8 Å². The molecule has 0 fully saturated rings. The van der Waals surface area contributed by atoms with Crippen LogP contribution in [0.2, 0.25) is 0 Å². The van der Waals surface area contributed by atoms with Crippen molar-refractivity contribution in [3.05, 3.63) is 59.7 Å². The molecule has 2 aromatic carbocycles. The van der Waals surface area contributed by atoms with E-state index in [9.17, 15) is 19.5 Å². The third-order valence-corrected chi connectivity index (χ3v) is 4.41. The first kappa shape index (κ1) is 21.9. The van der Waals surface area contributed by atoms with Crippen molar-refractivity contribution in [3.63, 3.8) is 0 Å². The number of benzene rings is 2. The number of carboxylic acid groups (broad SMARTS) is 1. The number of anilines is 1. The third kappa shape index (κ3) is 7.65. The Hall–Kier alpha value is -3.35. The Morgan fingerprint density at radius 2 is 1.45 bits per heavy atom. The summed E-state index contributed by atoms with van der Waals surface area (Å²) < 4.78 is 0. The number of aromatic hydroxyl groups is 1. The molecule has 154 valence electrons. The summed E-state index contributed by atoms with van der Waals surface area (Å²) >= 11 is 0. The smallest absolute Gasteiger partial charge is 0.303 e. The molecule has 2 amide bonds. The number of aliphatic carboxylic acids is 1. The number of unbranched alkanes of at least 4 members (excludes halogenated alkanes) is 4. The molecule has 0 heterocycles. The largest absolute Gasteiger partial charge is 0.507 e. The number of phenolic OH excluding ortho intramolecular Hbond substituents is 1. The first-order valence-electron chi connectivity index (χ1n) is 9.67. The van der Waals surface area contributed by atoms with Crippen LogP contribution >= 0.6 is 0 Å². The fraction of sp³-hybridized carbons (Fsp3) is 0.318. The number of carbonyl (C=O) groups is 3. The number of amides is 2. The van der Waals surface area contributed by atoms with Crippen LogP contribution in [0.1, 0.15) is 59.2 Å². The minimum Gasteiger partial charge on any atom is -0.507 e. The Bertz CT molecular complexity index is 833. The van der Waals surface area contributed by atoms with E-state index < -0.39 is 11.9 Å². The van der Waals surface area contributed by atoms with Crippen LogP contribution in [-0.4, -0.2) is 34.5 Å². The van der Waals surface area contributed by atoms with E-state index >= 15 is 0 Å². The second kappa shape index (κ2) is 11.5. The molecule has 0 bridgehead atoms. The van der Waals surface area contributed by atoms with Crippen molar-refractivity contribution >= 4 is 23.5 Å². The predicted octanol–water partition coefficient (Wildman–Crippen LogP) is 3.80. The highest BCUT2D eigenvalue weighted by Crippen LogP contribution is 2.18. The molecular formula is C22H26N2O5. The molecule has 2 rings (SSSR count). The van der Waals surface area contributed by atoms with Gasteiger partial charge < -0.3 is 20.8 Å². The van der Waals surface area contributed by atoms with E-state index in [0.29, 0.717) is 24.2 Å². The molecule has 0 saturated heterocycles. The van der Waals surface area contributed by atoms with Gasteiger partial charge in [0.15, 0.2) is 0 Å². The van der Waals surface area contributed by atoms with Crippen LogP contribution in [0, 0.1) is 0 Å². The Morgan fingerprint density at radius 1 is 0.793 bits per heavy atom. The molecule has 0 unspecified atom stereocenters. The summed E-state index contributed by atoms with van der Waals surface area (Å²) in [6.07, 6.45) is 4.52. The van der Waals surface area contributed by atoms with Gasteiger partial charge in [0.1, 0.15) is 5.75 Å². The number of hydrogen-bond acceptors (Lipinski definition) is 4. The first-order chi connectivity index (χ1) is 14.0. The molecule has 29 heavy (non-hydrogen) atoms. The van der Waals surface area contributed by atoms with Crippen LogP contribution in [0.5, 0.6) is 5.75 Å². The number of phenols is 1. The number of rotatable bonds is 11. The van der Waals surface area contributed by atoms with Crippen LogP contribution in [0.3, 0.4) is 0 Å². The highest BCUT2D eigenvalue weighted by atomic mass is 16.4. The SMILES string of the molecule is O=C(O)CCCCCCCNC(=O)c1ccc(NC(=O)c2ccccc2O)cc1. The van der Waals surface area contributed by atoms with Gasteiger partial charge in [-0.05, 0) is 49.2 Å². The lowest BCUT2D eigenvalue weighted by molar-refractivity contribution is -0.137. The Balaban J connectivity index is 1.71. The van der Waals surface area contributed by atoms with Crippen LogP contribution in [0.25, 0.3) is 0 Å². The van der Waals surface area contributed by atoms with E-state index in [1.165, 1.54) is 12.1 Å². The van der Waals surface area contributed by atoms with Crippen molar-refractivity contribution in [2.45, 2.75) is 38.5 Å². The number of nitrogens with one attached hydrogen (secondary N) is 2. The standard InChI is InChI=1S/C22H26N2O5/c25-19-9-6-5-8-18(19)22(29)24-17-13-11-16(12-14-17)21(28)23-15-7-3-1-2-4-10-20(26)27/h5-6,8-9,11-14,25H,1-4,7,10,15H2,(H,23,28)(H,24,29)(H,26,27). The van der Waals surface area contributed by atoms with Crippen LogP contribution in [0.4, 0.5) is 5.69 Å². The number of carboxylic acids is 1. The van der Waals surface area contributed by atoms with Crippen molar-refractivity contribution in [1.82, 2.24) is 5.32 Å². The van der Waals surface area contributed by atoms with Gasteiger partial charge in [-0.3, -0.25) is 14.4 Å².